The lowest BCUT2D eigenvalue weighted by Crippen LogP contribution is -2.01. The van der Waals surface area contributed by atoms with Crippen molar-refractivity contribution >= 4 is 5.78 Å². The minimum Gasteiger partial charge on any atom is -0.505 e. The number of benzene rings is 1. The Bertz CT molecular complexity index is 402. The fourth-order valence-electron chi connectivity index (χ4n) is 0.897. The van der Waals surface area contributed by atoms with Gasteiger partial charge in [0.25, 0.3) is 0 Å². The molecule has 0 amide bonds. The summed E-state index contributed by atoms with van der Waals surface area (Å²) < 4.78 is 0. The normalized spacial score (nSPS) is 8.85. The van der Waals surface area contributed by atoms with Gasteiger partial charge in [0, 0.05) is 5.56 Å². The smallest absolute Gasteiger partial charge is 0.226 e. The highest BCUT2D eigenvalue weighted by molar-refractivity contribution is 6.06. The third-order valence-corrected chi connectivity index (χ3v) is 1.52. The lowest BCUT2D eigenvalue weighted by atomic mass is 10.1. The van der Waals surface area contributed by atoms with Crippen LogP contribution in [0, 0.1) is 11.3 Å². The number of carbonyl (C=O) groups excluding carboxylic acids is 1. The Morgan fingerprint density at radius 2 is 2.23 bits per heavy atom. The molecule has 0 spiro atoms. The third-order valence-electron chi connectivity index (χ3n) is 1.52. The molecular weight excluding hydrogens is 166 g/mol. The van der Waals surface area contributed by atoms with Crippen LogP contribution in [0.4, 0.5) is 0 Å². The summed E-state index contributed by atoms with van der Waals surface area (Å²) in [6.45, 7) is 3.11. The molecule has 13 heavy (non-hydrogen) atoms. The number of ketones is 1. The zero-order chi connectivity index (χ0) is 9.84. The molecule has 0 radical (unpaired) electrons. The van der Waals surface area contributed by atoms with E-state index in [0.29, 0.717) is 5.56 Å². The van der Waals surface area contributed by atoms with Crippen molar-refractivity contribution in [3.63, 3.8) is 0 Å². The molecule has 0 saturated carbocycles. The number of rotatable bonds is 2. The maximum atomic E-state index is 11.2. The molecule has 3 nitrogen and oxygen atoms in total. The van der Waals surface area contributed by atoms with E-state index in [-0.39, 0.29) is 5.56 Å². The van der Waals surface area contributed by atoms with Gasteiger partial charge in [0.1, 0.15) is 0 Å². The topological polar surface area (TPSA) is 61.1 Å². The quantitative estimate of drug-likeness (QED) is 0.421. The number of carbonyl (C=O) groups is 1. The molecule has 1 rings (SSSR count). The number of nitriles is 1. The van der Waals surface area contributed by atoms with Crippen molar-refractivity contribution in [2.45, 2.75) is 0 Å². The lowest BCUT2D eigenvalue weighted by Gasteiger charge is -1.97. The van der Waals surface area contributed by atoms with Crippen molar-refractivity contribution in [2.24, 2.45) is 0 Å². The van der Waals surface area contributed by atoms with Gasteiger partial charge in [-0.3, -0.25) is 4.79 Å². The first-order valence-corrected chi connectivity index (χ1v) is 3.58. The molecule has 64 valence electrons. The molecule has 0 fully saturated rings. The van der Waals surface area contributed by atoms with Crippen molar-refractivity contribution in [2.75, 3.05) is 0 Å². The molecule has 0 aliphatic carbocycles. The first-order chi connectivity index (χ1) is 6.15. The van der Waals surface area contributed by atoms with Gasteiger partial charge in [-0.25, -0.2) is 0 Å². The van der Waals surface area contributed by atoms with Crippen molar-refractivity contribution in [1.29, 1.82) is 5.26 Å². The zero-order valence-corrected chi connectivity index (χ0v) is 6.82. The molecule has 0 bridgehead atoms. The molecule has 0 aliphatic rings. The average molecular weight is 173 g/mol. The first-order valence-electron chi connectivity index (χ1n) is 3.58. The summed E-state index contributed by atoms with van der Waals surface area (Å²) in [5.74, 6) is -1.08. The van der Waals surface area contributed by atoms with Crippen molar-refractivity contribution < 1.29 is 9.90 Å². The van der Waals surface area contributed by atoms with E-state index in [1.807, 2.05) is 6.07 Å². The van der Waals surface area contributed by atoms with Crippen LogP contribution in [0.5, 0.6) is 0 Å². The van der Waals surface area contributed by atoms with Gasteiger partial charge in [-0.15, -0.1) is 0 Å². The van der Waals surface area contributed by atoms with Gasteiger partial charge in [0.2, 0.25) is 5.78 Å². The monoisotopic (exact) mass is 173 g/mol. The number of allylic oxidation sites excluding steroid dienone is 1. The van der Waals surface area contributed by atoms with E-state index in [9.17, 15) is 4.79 Å². The number of aliphatic hydroxyl groups excluding tert-OH is 1. The number of nitrogens with zero attached hydrogens (tertiary/aromatic N) is 1. The average Bonchev–Trinajstić information content (AvgIpc) is 2.16. The Hall–Kier alpha value is -2.08. The highest BCUT2D eigenvalue weighted by Crippen LogP contribution is 2.07. The van der Waals surface area contributed by atoms with E-state index in [4.69, 9.17) is 10.4 Å². The van der Waals surface area contributed by atoms with Crippen LogP contribution in [-0.4, -0.2) is 10.9 Å². The van der Waals surface area contributed by atoms with Crippen molar-refractivity contribution in [3.8, 4) is 6.07 Å². The van der Waals surface area contributed by atoms with Crippen LogP contribution in [0.25, 0.3) is 0 Å². The molecule has 0 saturated heterocycles. The third kappa shape index (κ3) is 1.94. The fraction of sp³-hybridized carbons (Fsp3) is 0. The molecule has 1 N–H and O–H groups in total. The second kappa shape index (κ2) is 3.55. The zero-order valence-electron chi connectivity index (χ0n) is 6.82. The molecule has 0 heterocycles. The molecule has 0 aromatic heterocycles. The standard InChI is InChI=1S/C10H7NO2/c1-7(12)10(13)9-4-2-3-8(5-9)6-11/h2-5,12H,1H2. The Kier molecular flexibility index (Phi) is 2.46. The van der Waals surface area contributed by atoms with Gasteiger partial charge in [0.05, 0.1) is 11.6 Å². The highest BCUT2D eigenvalue weighted by atomic mass is 16.3. The van der Waals surface area contributed by atoms with Crippen LogP contribution >= 0.6 is 0 Å². The highest BCUT2D eigenvalue weighted by Gasteiger charge is 2.08. The Labute approximate surface area is 75.5 Å². The van der Waals surface area contributed by atoms with Crippen LogP contribution < -0.4 is 0 Å². The van der Waals surface area contributed by atoms with E-state index in [2.05, 4.69) is 6.58 Å². The van der Waals surface area contributed by atoms with Crippen molar-refractivity contribution in [1.82, 2.24) is 0 Å². The van der Waals surface area contributed by atoms with Crippen LogP contribution in [0.15, 0.2) is 36.6 Å². The Morgan fingerprint density at radius 3 is 2.77 bits per heavy atom. The fourth-order valence-corrected chi connectivity index (χ4v) is 0.897. The number of aliphatic hydroxyl groups is 1. The molecule has 0 unspecified atom stereocenters. The molecule has 3 heteroatoms. The van der Waals surface area contributed by atoms with E-state index < -0.39 is 11.5 Å². The minimum absolute atomic E-state index is 0.270. The van der Waals surface area contributed by atoms with Crippen LogP contribution in [-0.2, 0) is 0 Å². The number of hydrogen-bond acceptors (Lipinski definition) is 3. The summed E-state index contributed by atoms with van der Waals surface area (Å²) in [4.78, 5) is 11.2. The van der Waals surface area contributed by atoms with Crippen LogP contribution in [0.2, 0.25) is 0 Å². The summed E-state index contributed by atoms with van der Waals surface area (Å²) in [6, 6.07) is 7.98. The summed E-state index contributed by atoms with van der Waals surface area (Å²) >= 11 is 0. The van der Waals surface area contributed by atoms with E-state index in [1.165, 1.54) is 12.1 Å². The van der Waals surface area contributed by atoms with Crippen molar-refractivity contribution in [3.05, 3.63) is 47.7 Å². The van der Waals surface area contributed by atoms with Gasteiger partial charge in [-0.1, -0.05) is 18.7 Å². The van der Waals surface area contributed by atoms with Gasteiger partial charge >= 0.3 is 0 Å². The SMILES string of the molecule is C=C(O)C(=O)c1cccc(C#N)c1. The summed E-state index contributed by atoms with van der Waals surface area (Å²) in [5, 5.41) is 17.3. The second-order valence-corrected chi connectivity index (χ2v) is 2.47. The first kappa shape index (κ1) is 9.01. The number of Topliss-reactive ketones (excluding diaryl/α,β-unsaturated/α-hetero) is 1. The van der Waals surface area contributed by atoms with Gasteiger partial charge in [-0.05, 0) is 12.1 Å². The molecular formula is C10H7NO2. The second-order valence-electron chi connectivity index (χ2n) is 2.47. The Balaban J connectivity index is 3.11. The predicted octanol–water partition coefficient (Wildman–Crippen LogP) is 1.81. The lowest BCUT2D eigenvalue weighted by molar-refractivity contribution is 0.0979. The van der Waals surface area contributed by atoms with E-state index in [1.54, 1.807) is 12.1 Å². The summed E-state index contributed by atoms with van der Waals surface area (Å²) in [7, 11) is 0. The molecule has 0 atom stereocenters. The van der Waals surface area contributed by atoms with E-state index in [0.717, 1.165) is 0 Å². The summed E-state index contributed by atoms with van der Waals surface area (Å²) in [5.41, 5.74) is 0.652. The maximum Gasteiger partial charge on any atom is 0.226 e. The van der Waals surface area contributed by atoms with E-state index >= 15 is 0 Å². The van der Waals surface area contributed by atoms with Crippen LogP contribution in [0.1, 0.15) is 15.9 Å². The van der Waals surface area contributed by atoms with Gasteiger partial charge < -0.3 is 5.11 Å². The maximum absolute atomic E-state index is 11.2. The molecule has 1 aromatic carbocycles. The molecule has 1 aromatic rings. The molecule has 0 aliphatic heterocycles. The number of hydrogen-bond donors (Lipinski definition) is 1. The predicted molar refractivity (Wildman–Crippen MR) is 47.3 cm³/mol. The van der Waals surface area contributed by atoms with Crippen LogP contribution in [0.3, 0.4) is 0 Å². The Morgan fingerprint density at radius 1 is 1.54 bits per heavy atom. The largest absolute Gasteiger partial charge is 0.505 e. The minimum atomic E-state index is -0.558. The summed E-state index contributed by atoms with van der Waals surface area (Å²) in [6.07, 6.45) is 0. The van der Waals surface area contributed by atoms with Gasteiger partial charge in [-0.2, -0.15) is 5.26 Å². The van der Waals surface area contributed by atoms with Gasteiger partial charge in [0.15, 0.2) is 5.76 Å².